The van der Waals surface area contributed by atoms with E-state index in [4.69, 9.17) is 4.52 Å². The van der Waals surface area contributed by atoms with Crippen molar-refractivity contribution in [3.8, 4) is 11.5 Å². The van der Waals surface area contributed by atoms with Crippen LogP contribution in [0.2, 0.25) is 0 Å². The fourth-order valence-electron chi connectivity index (χ4n) is 3.49. The van der Waals surface area contributed by atoms with E-state index in [9.17, 15) is 4.79 Å². The second-order valence-corrected chi connectivity index (χ2v) is 7.49. The smallest absolute Gasteiger partial charge is 0.261 e. The Balaban J connectivity index is 1.53. The molecule has 1 aromatic carbocycles. The lowest BCUT2D eigenvalue weighted by Crippen LogP contribution is -2.35. The van der Waals surface area contributed by atoms with E-state index in [1.54, 1.807) is 6.20 Å². The Morgan fingerprint density at radius 2 is 1.86 bits per heavy atom. The van der Waals surface area contributed by atoms with Gasteiger partial charge < -0.3 is 14.3 Å². The molecule has 1 aliphatic heterocycles. The van der Waals surface area contributed by atoms with E-state index in [0.717, 1.165) is 36.5 Å². The van der Waals surface area contributed by atoms with Crippen LogP contribution in [0.25, 0.3) is 11.5 Å². The molecule has 2 aromatic heterocycles. The number of benzene rings is 1. The van der Waals surface area contributed by atoms with Crippen LogP contribution in [-0.4, -0.2) is 52.1 Å². The molecule has 1 fully saturated rings. The molecule has 1 aliphatic rings. The maximum absolute atomic E-state index is 12.8. The van der Waals surface area contributed by atoms with Gasteiger partial charge in [-0.05, 0) is 30.7 Å². The average Bonchev–Trinajstić information content (AvgIpc) is 3.13. The molecule has 29 heavy (non-hydrogen) atoms. The highest BCUT2D eigenvalue weighted by Gasteiger charge is 2.24. The van der Waals surface area contributed by atoms with Crippen molar-refractivity contribution in [2.75, 3.05) is 31.1 Å². The first-order chi connectivity index (χ1) is 14.1. The van der Waals surface area contributed by atoms with E-state index in [-0.39, 0.29) is 11.8 Å². The summed E-state index contributed by atoms with van der Waals surface area (Å²) in [7, 11) is 0. The van der Waals surface area contributed by atoms with Crippen LogP contribution in [0.3, 0.4) is 0 Å². The number of carbonyl (C=O) groups excluding carboxylic acids is 1. The highest BCUT2D eigenvalue weighted by molar-refractivity contribution is 5.94. The van der Waals surface area contributed by atoms with E-state index < -0.39 is 0 Å². The maximum atomic E-state index is 12.8. The van der Waals surface area contributed by atoms with Gasteiger partial charge in [0, 0.05) is 43.9 Å². The number of amides is 1. The van der Waals surface area contributed by atoms with E-state index in [0.29, 0.717) is 24.8 Å². The first-order valence-electron chi connectivity index (χ1n) is 10.0. The highest BCUT2D eigenvalue weighted by Crippen LogP contribution is 2.29. The molecular formula is C22H25N5O2. The van der Waals surface area contributed by atoms with Gasteiger partial charge in [-0.15, -0.1) is 0 Å². The monoisotopic (exact) mass is 391 g/mol. The second kappa shape index (κ2) is 8.43. The van der Waals surface area contributed by atoms with Gasteiger partial charge in [-0.1, -0.05) is 37.2 Å². The molecular weight excluding hydrogens is 366 g/mol. The molecule has 3 heterocycles. The Bertz CT molecular complexity index is 970. The summed E-state index contributed by atoms with van der Waals surface area (Å²) in [6.45, 7) is 6.95. The zero-order valence-electron chi connectivity index (χ0n) is 16.8. The average molecular weight is 391 g/mol. The van der Waals surface area contributed by atoms with E-state index in [1.165, 1.54) is 0 Å². The second-order valence-electron chi connectivity index (χ2n) is 7.49. The highest BCUT2D eigenvalue weighted by atomic mass is 16.5. The number of hydrogen-bond acceptors (Lipinski definition) is 6. The van der Waals surface area contributed by atoms with Crippen LogP contribution in [0.15, 0.2) is 53.2 Å². The predicted octanol–water partition coefficient (Wildman–Crippen LogP) is 3.61. The zero-order chi connectivity index (χ0) is 20.2. The van der Waals surface area contributed by atoms with E-state index in [1.807, 2.05) is 61.2 Å². The Morgan fingerprint density at radius 3 is 2.62 bits per heavy atom. The predicted molar refractivity (Wildman–Crippen MR) is 111 cm³/mol. The molecule has 0 saturated carbocycles. The fraction of sp³-hybridized carbons (Fsp3) is 0.364. The number of pyridine rings is 1. The van der Waals surface area contributed by atoms with Gasteiger partial charge in [-0.2, -0.15) is 4.98 Å². The summed E-state index contributed by atoms with van der Waals surface area (Å²) in [6, 6.07) is 13.3. The molecule has 0 bridgehead atoms. The van der Waals surface area contributed by atoms with Crippen LogP contribution >= 0.6 is 0 Å². The van der Waals surface area contributed by atoms with Crippen molar-refractivity contribution in [1.29, 1.82) is 0 Å². The normalized spacial score (nSPS) is 14.9. The van der Waals surface area contributed by atoms with Gasteiger partial charge in [-0.25, -0.2) is 4.98 Å². The number of aromatic nitrogens is 3. The molecule has 150 valence electrons. The number of nitrogens with zero attached hydrogens (tertiary/aromatic N) is 5. The Kier molecular flexibility index (Phi) is 5.55. The van der Waals surface area contributed by atoms with E-state index >= 15 is 0 Å². The lowest BCUT2D eigenvalue weighted by Gasteiger charge is -2.24. The van der Waals surface area contributed by atoms with Crippen molar-refractivity contribution in [2.45, 2.75) is 26.2 Å². The Morgan fingerprint density at radius 1 is 1.03 bits per heavy atom. The van der Waals surface area contributed by atoms with Crippen molar-refractivity contribution in [3.63, 3.8) is 0 Å². The molecule has 7 nitrogen and oxygen atoms in total. The summed E-state index contributed by atoms with van der Waals surface area (Å²) in [4.78, 5) is 26.1. The summed E-state index contributed by atoms with van der Waals surface area (Å²) >= 11 is 0. The third kappa shape index (κ3) is 4.13. The Hall–Kier alpha value is -3.22. The van der Waals surface area contributed by atoms with Crippen molar-refractivity contribution in [3.05, 3.63) is 60.0 Å². The van der Waals surface area contributed by atoms with Gasteiger partial charge in [0.2, 0.25) is 0 Å². The van der Waals surface area contributed by atoms with Crippen molar-refractivity contribution >= 4 is 11.7 Å². The summed E-state index contributed by atoms with van der Waals surface area (Å²) in [5.74, 6) is 2.26. The van der Waals surface area contributed by atoms with Gasteiger partial charge in [0.1, 0.15) is 5.82 Å². The minimum atomic E-state index is 0.0761. The number of rotatable bonds is 4. The molecule has 7 heteroatoms. The SMILES string of the molecule is CC(C)c1noc(-c2cccnc2N2CCCN(C(=O)c3ccccc3)CC2)n1. The molecule has 0 unspecified atom stereocenters. The van der Waals surface area contributed by atoms with Crippen LogP contribution in [0.5, 0.6) is 0 Å². The molecule has 3 aromatic rings. The van der Waals surface area contributed by atoms with Gasteiger partial charge in [0.15, 0.2) is 5.82 Å². The first-order valence-corrected chi connectivity index (χ1v) is 10.0. The molecule has 0 radical (unpaired) electrons. The standard InChI is InChI=1S/C22H25N5O2/c1-16(2)19-24-21(29-25-19)18-10-6-11-23-20(18)26-12-7-13-27(15-14-26)22(28)17-8-4-3-5-9-17/h3-6,8-11,16H,7,12-15H2,1-2H3. The molecule has 1 amide bonds. The first kappa shape index (κ1) is 19.1. The van der Waals surface area contributed by atoms with Crippen LogP contribution in [0.1, 0.15) is 42.4 Å². The third-order valence-electron chi connectivity index (χ3n) is 5.08. The van der Waals surface area contributed by atoms with Crippen molar-refractivity contribution in [2.24, 2.45) is 0 Å². The van der Waals surface area contributed by atoms with Crippen molar-refractivity contribution < 1.29 is 9.32 Å². The molecule has 4 rings (SSSR count). The molecule has 0 aliphatic carbocycles. The summed E-state index contributed by atoms with van der Waals surface area (Å²) in [6.07, 6.45) is 2.64. The quantitative estimate of drug-likeness (QED) is 0.676. The van der Waals surface area contributed by atoms with Crippen LogP contribution in [0.4, 0.5) is 5.82 Å². The van der Waals surface area contributed by atoms with Crippen molar-refractivity contribution in [1.82, 2.24) is 20.0 Å². The summed E-state index contributed by atoms with van der Waals surface area (Å²) in [5, 5.41) is 4.08. The van der Waals surface area contributed by atoms with Crippen LogP contribution in [-0.2, 0) is 0 Å². The topological polar surface area (TPSA) is 75.4 Å². The van der Waals surface area contributed by atoms with Crippen LogP contribution in [0, 0.1) is 0 Å². The number of hydrogen-bond donors (Lipinski definition) is 0. The number of carbonyl (C=O) groups is 1. The van der Waals surface area contributed by atoms with Gasteiger partial charge in [-0.3, -0.25) is 4.79 Å². The largest absolute Gasteiger partial charge is 0.354 e. The lowest BCUT2D eigenvalue weighted by atomic mass is 10.2. The van der Waals surface area contributed by atoms with Crippen LogP contribution < -0.4 is 4.90 Å². The maximum Gasteiger partial charge on any atom is 0.261 e. The lowest BCUT2D eigenvalue weighted by molar-refractivity contribution is 0.0767. The summed E-state index contributed by atoms with van der Waals surface area (Å²) < 4.78 is 5.50. The van der Waals surface area contributed by atoms with Gasteiger partial charge >= 0.3 is 0 Å². The van der Waals surface area contributed by atoms with E-state index in [2.05, 4.69) is 20.0 Å². The molecule has 0 N–H and O–H groups in total. The zero-order valence-corrected chi connectivity index (χ0v) is 16.8. The summed E-state index contributed by atoms with van der Waals surface area (Å²) in [5.41, 5.74) is 1.56. The minimum Gasteiger partial charge on any atom is -0.354 e. The Labute approximate surface area is 170 Å². The van der Waals surface area contributed by atoms with Gasteiger partial charge in [0.25, 0.3) is 11.8 Å². The minimum absolute atomic E-state index is 0.0761. The fourth-order valence-corrected chi connectivity index (χ4v) is 3.49. The third-order valence-corrected chi connectivity index (χ3v) is 5.08. The molecule has 0 spiro atoms. The molecule has 0 atom stereocenters. The number of anilines is 1. The van der Waals surface area contributed by atoms with Gasteiger partial charge in [0.05, 0.1) is 5.56 Å². The molecule has 1 saturated heterocycles.